The van der Waals surface area contributed by atoms with Gasteiger partial charge in [-0.15, -0.1) is 0 Å². The van der Waals surface area contributed by atoms with Gasteiger partial charge in [0, 0.05) is 37.3 Å². The van der Waals surface area contributed by atoms with Gasteiger partial charge in [-0.3, -0.25) is 0 Å². The normalized spacial score (nSPS) is 20.9. The summed E-state index contributed by atoms with van der Waals surface area (Å²) in [7, 11) is 2.12. The fraction of sp³-hybridized carbons (Fsp3) is 0.393. The fourth-order valence-corrected chi connectivity index (χ4v) is 5.42. The van der Waals surface area contributed by atoms with Crippen LogP contribution >= 0.6 is 0 Å². The van der Waals surface area contributed by atoms with Crippen LogP contribution in [0.3, 0.4) is 0 Å². The molecule has 186 valence electrons. The Morgan fingerprint density at radius 1 is 1.06 bits per heavy atom. The molecule has 1 N–H and O–H groups in total. The van der Waals surface area contributed by atoms with Crippen LogP contribution < -0.4 is 15.0 Å². The van der Waals surface area contributed by atoms with Crippen molar-refractivity contribution >= 4 is 27.6 Å². The van der Waals surface area contributed by atoms with E-state index in [-0.39, 0.29) is 11.9 Å². The van der Waals surface area contributed by atoms with Crippen LogP contribution in [-0.4, -0.2) is 71.8 Å². The van der Waals surface area contributed by atoms with Crippen molar-refractivity contribution in [1.82, 2.24) is 25.2 Å². The number of likely N-dealkylation sites (tertiary alicyclic amines) is 1. The molecule has 0 radical (unpaired) electrons. The van der Waals surface area contributed by atoms with Crippen LogP contribution in [0.15, 0.2) is 48.5 Å². The van der Waals surface area contributed by atoms with E-state index >= 15 is 4.39 Å². The lowest BCUT2D eigenvalue weighted by Gasteiger charge is -2.35. The van der Waals surface area contributed by atoms with E-state index in [4.69, 9.17) is 14.7 Å². The number of hydrogen-bond acceptors (Lipinski definition) is 7. The summed E-state index contributed by atoms with van der Waals surface area (Å²) in [5.74, 6) is 0.299. The Kier molecular flexibility index (Phi) is 6.15. The highest BCUT2D eigenvalue weighted by molar-refractivity contribution is 5.97. The lowest BCUT2D eigenvalue weighted by molar-refractivity contribution is 0.188. The van der Waals surface area contributed by atoms with Gasteiger partial charge in [-0.2, -0.15) is 9.97 Å². The number of nitrogens with zero attached hydrogens (tertiary/aromatic N) is 5. The van der Waals surface area contributed by atoms with E-state index in [1.54, 1.807) is 0 Å². The summed E-state index contributed by atoms with van der Waals surface area (Å²) in [5, 5.41) is 6.01. The summed E-state index contributed by atoms with van der Waals surface area (Å²) in [5.41, 5.74) is 1.49. The maximum atomic E-state index is 15.7. The minimum atomic E-state index is -0.382. The SMILES string of the molecule is CC1CNCCN1c1nc(OCC2CCCN2C)nc2nc(-c3cccc4ccccc34)c(F)cc12. The van der Waals surface area contributed by atoms with E-state index in [0.717, 1.165) is 48.9 Å². The second-order valence-corrected chi connectivity index (χ2v) is 9.88. The maximum Gasteiger partial charge on any atom is 0.320 e. The van der Waals surface area contributed by atoms with E-state index in [2.05, 4.69) is 34.1 Å². The van der Waals surface area contributed by atoms with Gasteiger partial charge in [-0.1, -0.05) is 42.5 Å². The quantitative estimate of drug-likeness (QED) is 0.452. The van der Waals surface area contributed by atoms with Crippen molar-refractivity contribution in [3.63, 3.8) is 0 Å². The number of fused-ring (bicyclic) bond motifs is 2. The average Bonchev–Trinajstić information content (AvgIpc) is 3.31. The lowest BCUT2D eigenvalue weighted by Crippen LogP contribution is -2.50. The van der Waals surface area contributed by atoms with Gasteiger partial charge in [0.1, 0.15) is 23.9 Å². The molecule has 0 aliphatic carbocycles. The standard InChI is InChI=1S/C28H31FN6O/c1-18-16-30-12-14-35(18)27-23-15-24(29)25(22-11-5-8-19-7-3-4-10-21(19)22)31-26(23)32-28(33-27)36-17-20-9-6-13-34(20)2/h3-5,7-8,10-11,15,18,20,30H,6,9,12-14,16-17H2,1-2H3. The second kappa shape index (κ2) is 9.59. The Bertz CT molecular complexity index is 1410. The summed E-state index contributed by atoms with van der Waals surface area (Å²) < 4.78 is 21.8. The number of likely N-dealkylation sites (N-methyl/N-ethyl adjacent to an activating group) is 1. The number of aromatic nitrogens is 3. The van der Waals surface area contributed by atoms with Crippen LogP contribution in [0.25, 0.3) is 33.1 Å². The summed E-state index contributed by atoms with van der Waals surface area (Å²) in [6.07, 6.45) is 2.27. The minimum Gasteiger partial charge on any atom is -0.462 e. The first kappa shape index (κ1) is 23.1. The molecule has 2 atom stereocenters. The molecule has 0 amide bonds. The average molecular weight is 487 g/mol. The maximum absolute atomic E-state index is 15.7. The van der Waals surface area contributed by atoms with E-state index in [9.17, 15) is 0 Å². The van der Waals surface area contributed by atoms with Crippen LogP contribution in [0, 0.1) is 5.82 Å². The molecule has 2 saturated heterocycles. The molecule has 7 nitrogen and oxygen atoms in total. The molecular formula is C28H31FN6O. The zero-order valence-corrected chi connectivity index (χ0v) is 20.7. The number of nitrogens with one attached hydrogen (secondary N) is 1. The molecule has 2 aromatic carbocycles. The highest BCUT2D eigenvalue weighted by atomic mass is 19.1. The van der Waals surface area contributed by atoms with E-state index in [1.807, 2.05) is 42.5 Å². The molecule has 2 fully saturated rings. The number of pyridine rings is 1. The van der Waals surface area contributed by atoms with Crippen molar-refractivity contribution < 1.29 is 9.13 Å². The molecule has 2 aliphatic heterocycles. The molecule has 8 heteroatoms. The van der Waals surface area contributed by atoms with Crippen molar-refractivity contribution in [1.29, 1.82) is 0 Å². The first-order chi connectivity index (χ1) is 17.6. The third-order valence-corrected chi connectivity index (χ3v) is 7.49. The number of piperazine rings is 1. The van der Waals surface area contributed by atoms with E-state index < -0.39 is 0 Å². The molecule has 4 aromatic rings. The zero-order valence-electron chi connectivity index (χ0n) is 20.7. The molecule has 36 heavy (non-hydrogen) atoms. The summed E-state index contributed by atoms with van der Waals surface area (Å²) in [4.78, 5) is 18.8. The van der Waals surface area contributed by atoms with E-state index in [1.165, 1.54) is 12.5 Å². The summed E-state index contributed by atoms with van der Waals surface area (Å²) >= 11 is 0. The minimum absolute atomic E-state index is 0.200. The molecule has 0 saturated carbocycles. The fourth-order valence-electron chi connectivity index (χ4n) is 5.42. The molecule has 6 rings (SSSR count). The predicted octanol–water partition coefficient (Wildman–Crippen LogP) is 4.26. The van der Waals surface area contributed by atoms with Crippen molar-refractivity contribution in [3.05, 3.63) is 54.3 Å². The van der Waals surface area contributed by atoms with Gasteiger partial charge in [-0.05, 0) is 50.2 Å². The number of rotatable bonds is 5. The zero-order chi connectivity index (χ0) is 24.6. The molecule has 0 spiro atoms. The van der Waals surface area contributed by atoms with Crippen LogP contribution in [0.2, 0.25) is 0 Å². The Labute approximate surface area is 210 Å². The molecule has 2 aromatic heterocycles. The summed E-state index contributed by atoms with van der Waals surface area (Å²) in [6, 6.07) is 16.2. The first-order valence-electron chi connectivity index (χ1n) is 12.8. The van der Waals surface area contributed by atoms with Gasteiger partial charge < -0.3 is 19.9 Å². The number of benzene rings is 2. The van der Waals surface area contributed by atoms with Crippen LogP contribution in [0.1, 0.15) is 19.8 Å². The van der Waals surface area contributed by atoms with Crippen LogP contribution in [0.5, 0.6) is 6.01 Å². The molecular weight excluding hydrogens is 455 g/mol. The number of halogens is 1. The molecule has 0 bridgehead atoms. The molecule has 4 heterocycles. The largest absolute Gasteiger partial charge is 0.462 e. The van der Waals surface area contributed by atoms with Gasteiger partial charge in [0.05, 0.1) is 5.39 Å². The third-order valence-electron chi connectivity index (χ3n) is 7.49. The van der Waals surface area contributed by atoms with Crippen molar-refractivity contribution in [2.24, 2.45) is 0 Å². The van der Waals surface area contributed by atoms with Crippen LogP contribution in [0.4, 0.5) is 10.2 Å². The smallest absolute Gasteiger partial charge is 0.320 e. The Morgan fingerprint density at radius 3 is 2.75 bits per heavy atom. The predicted molar refractivity (Wildman–Crippen MR) is 141 cm³/mol. The van der Waals surface area contributed by atoms with Crippen molar-refractivity contribution in [3.8, 4) is 17.3 Å². The Hall–Kier alpha value is -3.36. The van der Waals surface area contributed by atoms with Gasteiger partial charge >= 0.3 is 6.01 Å². The number of ether oxygens (including phenoxy) is 1. The monoisotopic (exact) mass is 486 g/mol. The Balaban J connectivity index is 1.47. The highest BCUT2D eigenvalue weighted by Crippen LogP contribution is 2.34. The first-order valence-corrected chi connectivity index (χ1v) is 12.8. The van der Waals surface area contributed by atoms with Crippen LogP contribution in [-0.2, 0) is 0 Å². The molecule has 2 unspecified atom stereocenters. The highest BCUT2D eigenvalue weighted by Gasteiger charge is 2.26. The Morgan fingerprint density at radius 2 is 1.92 bits per heavy atom. The van der Waals surface area contributed by atoms with Crippen molar-refractivity contribution in [2.75, 3.05) is 44.7 Å². The van der Waals surface area contributed by atoms with Gasteiger partial charge in [0.25, 0.3) is 0 Å². The molecule has 2 aliphatic rings. The van der Waals surface area contributed by atoms with Gasteiger partial charge in [0.2, 0.25) is 0 Å². The van der Waals surface area contributed by atoms with Crippen molar-refractivity contribution in [2.45, 2.75) is 31.8 Å². The number of anilines is 1. The van der Waals surface area contributed by atoms with Gasteiger partial charge in [-0.25, -0.2) is 9.37 Å². The lowest BCUT2D eigenvalue weighted by atomic mass is 10.0. The number of hydrogen-bond donors (Lipinski definition) is 1. The second-order valence-electron chi connectivity index (χ2n) is 9.88. The van der Waals surface area contributed by atoms with E-state index in [0.29, 0.717) is 41.2 Å². The van der Waals surface area contributed by atoms with Gasteiger partial charge in [0.15, 0.2) is 5.65 Å². The third kappa shape index (κ3) is 4.24. The summed E-state index contributed by atoms with van der Waals surface area (Å²) in [6.45, 7) is 6.18. The topological polar surface area (TPSA) is 66.4 Å².